The van der Waals surface area contributed by atoms with Crippen LogP contribution >= 0.6 is 0 Å². The van der Waals surface area contributed by atoms with Crippen LogP contribution in [-0.4, -0.2) is 16.2 Å². The molecule has 0 spiro atoms. The molecule has 0 atom stereocenters. The molecule has 0 aliphatic heterocycles. The molecule has 3 nitrogen and oxygen atoms in total. The maximum absolute atomic E-state index is 3.99. The third kappa shape index (κ3) is 3.48. The van der Waals surface area contributed by atoms with Gasteiger partial charge in [0.25, 0.3) is 0 Å². The zero-order valence-corrected chi connectivity index (χ0v) is 11.9. The number of nitrogens with zero attached hydrogens (tertiary/aromatic N) is 1. The standard InChI is InChI=1S/C17H23N3/c1-2-4-6-16(5-3-1)18-13-14-7-9-15(10-8-14)17-11-12-19-20-17/h7-12,16,18H,1-6,13H2,(H,19,20). The first-order valence-corrected chi connectivity index (χ1v) is 7.74. The molecule has 3 heteroatoms. The molecule has 20 heavy (non-hydrogen) atoms. The summed E-state index contributed by atoms with van der Waals surface area (Å²) in [5, 5.41) is 10.7. The Morgan fingerprint density at radius 1 is 1.00 bits per heavy atom. The van der Waals surface area contributed by atoms with E-state index in [1.165, 1.54) is 49.7 Å². The summed E-state index contributed by atoms with van der Waals surface area (Å²) in [6.07, 6.45) is 10.1. The largest absolute Gasteiger partial charge is 0.310 e. The van der Waals surface area contributed by atoms with Gasteiger partial charge in [0.05, 0.1) is 5.69 Å². The van der Waals surface area contributed by atoms with E-state index in [0.717, 1.165) is 12.2 Å². The minimum atomic E-state index is 0.713. The van der Waals surface area contributed by atoms with E-state index in [-0.39, 0.29) is 0 Å². The van der Waals surface area contributed by atoms with E-state index in [2.05, 4.69) is 39.8 Å². The van der Waals surface area contributed by atoms with Crippen molar-refractivity contribution in [2.24, 2.45) is 0 Å². The van der Waals surface area contributed by atoms with Crippen LogP contribution in [0.15, 0.2) is 36.5 Å². The first kappa shape index (κ1) is 13.4. The number of benzene rings is 1. The third-order valence-electron chi connectivity index (χ3n) is 4.22. The van der Waals surface area contributed by atoms with Crippen molar-refractivity contribution in [1.82, 2.24) is 15.5 Å². The molecule has 2 aromatic rings. The van der Waals surface area contributed by atoms with E-state index in [1.807, 2.05) is 6.07 Å². The SMILES string of the molecule is c1cc(-c2ccc(CNC3CCCCCC3)cc2)[nH]n1. The van der Waals surface area contributed by atoms with Crippen molar-refractivity contribution in [2.75, 3.05) is 0 Å². The Balaban J connectivity index is 1.55. The van der Waals surface area contributed by atoms with Crippen LogP contribution in [0.5, 0.6) is 0 Å². The van der Waals surface area contributed by atoms with Gasteiger partial charge in [-0.25, -0.2) is 0 Å². The average molecular weight is 269 g/mol. The van der Waals surface area contributed by atoms with E-state index in [9.17, 15) is 0 Å². The lowest BCUT2D eigenvalue weighted by atomic mass is 10.1. The summed E-state index contributed by atoms with van der Waals surface area (Å²) >= 11 is 0. The Morgan fingerprint density at radius 2 is 1.75 bits per heavy atom. The van der Waals surface area contributed by atoms with E-state index in [0.29, 0.717) is 6.04 Å². The minimum absolute atomic E-state index is 0.713. The van der Waals surface area contributed by atoms with Crippen molar-refractivity contribution in [3.05, 3.63) is 42.1 Å². The lowest BCUT2D eigenvalue weighted by Gasteiger charge is -2.16. The first-order chi connectivity index (χ1) is 9.92. The summed E-state index contributed by atoms with van der Waals surface area (Å²) in [6.45, 7) is 0.980. The molecule has 0 unspecified atom stereocenters. The number of nitrogens with one attached hydrogen (secondary N) is 2. The van der Waals surface area contributed by atoms with Gasteiger partial charge in [0.1, 0.15) is 0 Å². The summed E-state index contributed by atoms with van der Waals surface area (Å²) in [5.74, 6) is 0. The van der Waals surface area contributed by atoms with Gasteiger partial charge in [-0.2, -0.15) is 5.10 Å². The molecular formula is C17H23N3. The number of hydrogen-bond acceptors (Lipinski definition) is 2. The predicted molar refractivity (Wildman–Crippen MR) is 82.4 cm³/mol. The van der Waals surface area contributed by atoms with Gasteiger partial charge in [-0.15, -0.1) is 0 Å². The number of rotatable bonds is 4. The fourth-order valence-electron chi connectivity index (χ4n) is 2.96. The Morgan fingerprint density at radius 3 is 2.40 bits per heavy atom. The summed E-state index contributed by atoms with van der Waals surface area (Å²) < 4.78 is 0. The minimum Gasteiger partial charge on any atom is -0.310 e. The van der Waals surface area contributed by atoms with Crippen LogP contribution < -0.4 is 5.32 Å². The van der Waals surface area contributed by atoms with E-state index in [1.54, 1.807) is 6.20 Å². The lowest BCUT2D eigenvalue weighted by molar-refractivity contribution is 0.459. The van der Waals surface area contributed by atoms with Gasteiger partial charge in [-0.05, 0) is 30.0 Å². The second kappa shape index (κ2) is 6.71. The van der Waals surface area contributed by atoms with Gasteiger partial charge < -0.3 is 5.32 Å². The smallest absolute Gasteiger partial charge is 0.0650 e. The molecule has 106 valence electrons. The van der Waals surface area contributed by atoms with Crippen LogP contribution in [-0.2, 0) is 6.54 Å². The molecule has 2 N–H and O–H groups in total. The molecule has 0 saturated heterocycles. The third-order valence-corrected chi connectivity index (χ3v) is 4.22. The molecule has 0 amide bonds. The molecule has 1 saturated carbocycles. The summed E-state index contributed by atoms with van der Waals surface area (Å²) in [7, 11) is 0. The molecule has 1 fully saturated rings. The Labute approximate surface area is 120 Å². The number of hydrogen-bond donors (Lipinski definition) is 2. The van der Waals surface area contributed by atoms with Gasteiger partial charge in [-0.1, -0.05) is 49.9 Å². The molecule has 1 aromatic carbocycles. The van der Waals surface area contributed by atoms with Crippen LogP contribution in [0.4, 0.5) is 0 Å². The summed E-state index contributed by atoms with van der Waals surface area (Å²) in [6, 6.07) is 11.5. The van der Waals surface area contributed by atoms with Crippen LogP contribution in [0.1, 0.15) is 44.1 Å². The quantitative estimate of drug-likeness (QED) is 0.827. The van der Waals surface area contributed by atoms with E-state index < -0.39 is 0 Å². The van der Waals surface area contributed by atoms with Crippen molar-refractivity contribution < 1.29 is 0 Å². The van der Waals surface area contributed by atoms with Crippen molar-refractivity contribution >= 4 is 0 Å². The first-order valence-electron chi connectivity index (χ1n) is 7.74. The van der Waals surface area contributed by atoms with Gasteiger partial charge >= 0.3 is 0 Å². The van der Waals surface area contributed by atoms with Crippen LogP contribution in [0.25, 0.3) is 11.3 Å². The lowest BCUT2D eigenvalue weighted by Crippen LogP contribution is -2.27. The number of H-pyrrole nitrogens is 1. The highest BCUT2D eigenvalue weighted by Crippen LogP contribution is 2.19. The highest BCUT2D eigenvalue weighted by atomic mass is 15.1. The van der Waals surface area contributed by atoms with Crippen molar-refractivity contribution in [3.63, 3.8) is 0 Å². The van der Waals surface area contributed by atoms with Crippen molar-refractivity contribution in [2.45, 2.75) is 51.1 Å². The molecule has 1 heterocycles. The number of aromatic amines is 1. The summed E-state index contributed by atoms with van der Waals surface area (Å²) in [5.41, 5.74) is 3.63. The van der Waals surface area contributed by atoms with Gasteiger partial charge in [0.15, 0.2) is 0 Å². The Bertz CT molecular complexity index is 494. The molecule has 3 rings (SSSR count). The van der Waals surface area contributed by atoms with Crippen LogP contribution in [0.3, 0.4) is 0 Å². The topological polar surface area (TPSA) is 40.7 Å². The molecule has 1 aliphatic rings. The molecule has 1 aliphatic carbocycles. The predicted octanol–water partition coefficient (Wildman–Crippen LogP) is 3.89. The van der Waals surface area contributed by atoms with E-state index >= 15 is 0 Å². The Hall–Kier alpha value is -1.61. The molecule has 0 bridgehead atoms. The van der Waals surface area contributed by atoms with Gasteiger partial charge in [0.2, 0.25) is 0 Å². The fraction of sp³-hybridized carbons (Fsp3) is 0.471. The second-order valence-electron chi connectivity index (χ2n) is 5.74. The second-order valence-corrected chi connectivity index (χ2v) is 5.74. The molecule has 1 aromatic heterocycles. The molecule has 0 radical (unpaired) electrons. The van der Waals surface area contributed by atoms with Crippen LogP contribution in [0, 0.1) is 0 Å². The zero-order valence-electron chi connectivity index (χ0n) is 11.9. The van der Waals surface area contributed by atoms with Gasteiger partial charge in [-0.3, -0.25) is 5.10 Å². The van der Waals surface area contributed by atoms with Crippen molar-refractivity contribution in [1.29, 1.82) is 0 Å². The van der Waals surface area contributed by atoms with E-state index in [4.69, 9.17) is 0 Å². The number of aromatic nitrogens is 2. The maximum atomic E-state index is 3.99. The highest BCUT2D eigenvalue weighted by Gasteiger charge is 2.11. The fourth-order valence-corrected chi connectivity index (χ4v) is 2.96. The van der Waals surface area contributed by atoms with Gasteiger partial charge in [0, 0.05) is 18.8 Å². The normalized spacial score (nSPS) is 17.0. The summed E-state index contributed by atoms with van der Waals surface area (Å²) in [4.78, 5) is 0. The zero-order chi connectivity index (χ0) is 13.6. The average Bonchev–Trinajstić information content (AvgIpc) is 2.90. The van der Waals surface area contributed by atoms with Crippen LogP contribution in [0.2, 0.25) is 0 Å². The highest BCUT2D eigenvalue weighted by molar-refractivity contribution is 5.58. The molecular weight excluding hydrogens is 246 g/mol. The Kier molecular flexibility index (Phi) is 4.49. The monoisotopic (exact) mass is 269 g/mol. The van der Waals surface area contributed by atoms with Crippen molar-refractivity contribution in [3.8, 4) is 11.3 Å². The maximum Gasteiger partial charge on any atom is 0.0650 e.